The molecule has 154 valence electrons. The summed E-state index contributed by atoms with van der Waals surface area (Å²) in [6.45, 7) is 1.81. The molecule has 0 aliphatic heterocycles. The van der Waals surface area contributed by atoms with Gasteiger partial charge in [0.25, 0.3) is 0 Å². The van der Waals surface area contributed by atoms with Gasteiger partial charge in [-0.15, -0.1) is 0 Å². The zero-order valence-corrected chi connectivity index (χ0v) is 17.0. The summed E-state index contributed by atoms with van der Waals surface area (Å²) in [5, 5.41) is 17.8. The van der Waals surface area contributed by atoms with Gasteiger partial charge in [-0.2, -0.15) is 0 Å². The summed E-state index contributed by atoms with van der Waals surface area (Å²) < 4.78 is 4.88. The van der Waals surface area contributed by atoms with Crippen molar-refractivity contribution in [3.8, 4) is 0 Å². The topological polar surface area (TPSA) is 66.8 Å². The predicted molar refractivity (Wildman–Crippen MR) is 106 cm³/mol. The molecule has 0 unspecified atom stereocenters. The zero-order valence-electron chi connectivity index (χ0n) is 17.0. The first kappa shape index (κ1) is 23.4. The summed E-state index contributed by atoms with van der Waals surface area (Å²) in [5.41, 5.74) is 0. The van der Waals surface area contributed by atoms with Gasteiger partial charge in [0.05, 0.1) is 6.61 Å². The molecule has 0 heterocycles. The van der Waals surface area contributed by atoms with Crippen molar-refractivity contribution in [3.05, 3.63) is 0 Å². The van der Waals surface area contributed by atoms with Gasteiger partial charge >= 0.3 is 5.97 Å². The summed E-state index contributed by atoms with van der Waals surface area (Å²) in [4.78, 5) is 11.4. The van der Waals surface area contributed by atoms with Crippen LogP contribution < -0.4 is 0 Å². The van der Waals surface area contributed by atoms with Gasteiger partial charge in [0.1, 0.15) is 12.7 Å². The van der Waals surface area contributed by atoms with Crippen LogP contribution in [0.5, 0.6) is 0 Å². The molecule has 2 N–H and O–H groups in total. The zero-order chi connectivity index (χ0) is 19.0. The van der Waals surface area contributed by atoms with E-state index in [0.29, 0.717) is 6.42 Å². The second-order valence-corrected chi connectivity index (χ2v) is 8.14. The molecule has 0 radical (unpaired) electrons. The van der Waals surface area contributed by atoms with Crippen molar-refractivity contribution < 1.29 is 19.7 Å². The number of hydrogen-bond acceptors (Lipinski definition) is 4. The van der Waals surface area contributed by atoms with E-state index >= 15 is 0 Å². The largest absolute Gasteiger partial charge is 0.463 e. The summed E-state index contributed by atoms with van der Waals surface area (Å²) in [5.74, 6) is 1.77. The van der Waals surface area contributed by atoms with Gasteiger partial charge in [0, 0.05) is 6.42 Å². The van der Waals surface area contributed by atoms with E-state index in [1.54, 1.807) is 0 Å². The SMILES string of the molecule is CCCCCCCC[C@H]1C[C@H]1CCCCCCCC(=O)OC[C@H](O)CO. The molecule has 4 heteroatoms. The third-order valence-corrected chi connectivity index (χ3v) is 5.60. The van der Waals surface area contributed by atoms with E-state index in [2.05, 4.69) is 6.92 Å². The molecule has 0 saturated heterocycles. The monoisotopic (exact) mass is 370 g/mol. The van der Waals surface area contributed by atoms with Crippen LogP contribution in [-0.4, -0.2) is 35.5 Å². The standard InChI is InChI=1S/C22H42O4/c1-2-3-4-5-7-10-13-19-16-20(19)14-11-8-6-9-12-15-22(25)26-18-21(24)17-23/h19-21,23-24H,2-18H2,1H3/t19-,20+,21+/m0/s1. The molecule has 3 atom stereocenters. The van der Waals surface area contributed by atoms with Crippen molar-refractivity contribution in [2.45, 2.75) is 109 Å². The van der Waals surface area contributed by atoms with Gasteiger partial charge in [-0.25, -0.2) is 0 Å². The van der Waals surface area contributed by atoms with Gasteiger partial charge in [-0.3, -0.25) is 4.79 Å². The van der Waals surface area contributed by atoms with E-state index in [-0.39, 0.29) is 19.2 Å². The Kier molecular flexibility index (Phi) is 13.9. The number of aliphatic hydroxyl groups excluding tert-OH is 2. The maximum Gasteiger partial charge on any atom is 0.305 e. The van der Waals surface area contributed by atoms with Gasteiger partial charge in [0.15, 0.2) is 0 Å². The summed E-state index contributed by atoms with van der Waals surface area (Å²) in [7, 11) is 0. The van der Waals surface area contributed by atoms with Crippen LogP contribution in [0.15, 0.2) is 0 Å². The lowest BCUT2D eigenvalue weighted by atomic mass is 10.0. The Bertz CT molecular complexity index is 345. The fraction of sp³-hybridized carbons (Fsp3) is 0.955. The fourth-order valence-corrected chi connectivity index (χ4v) is 3.72. The molecule has 0 aromatic carbocycles. The van der Waals surface area contributed by atoms with Crippen LogP contribution in [0.1, 0.15) is 103 Å². The highest BCUT2D eigenvalue weighted by Crippen LogP contribution is 2.45. The van der Waals surface area contributed by atoms with Gasteiger partial charge in [-0.1, -0.05) is 84.0 Å². The Balaban J connectivity index is 1.79. The van der Waals surface area contributed by atoms with Crippen LogP contribution in [-0.2, 0) is 9.53 Å². The van der Waals surface area contributed by atoms with Crippen molar-refractivity contribution in [1.82, 2.24) is 0 Å². The number of carbonyl (C=O) groups is 1. The molecule has 0 amide bonds. The van der Waals surface area contributed by atoms with Crippen molar-refractivity contribution in [2.75, 3.05) is 13.2 Å². The Hall–Kier alpha value is -0.610. The number of ether oxygens (including phenoxy) is 1. The van der Waals surface area contributed by atoms with Crippen molar-refractivity contribution in [2.24, 2.45) is 11.8 Å². The van der Waals surface area contributed by atoms with Crippen LogP contribution >= 0.6 is 0 Å². The second kappa shape index (κ2) is 15.4. The molecule has 1 saturated carbocycles. The van der Waals surface area contributed by atoms with E-state index in [1.165, 1.54) is 77.0 Å². The maximum absolute atomic E-state index is 11.4. The Morgan fingerprint density at radius 1 is 0.923 bits per heavy atom. The smallest absolute Gasteiger partial charge is 0.305 e. The number of esters is 1. The summed E-state index contributed by atoms with van der Waals surface area (Å²) in [6.07, 6.45) is 18.0. The number of carbonyl (C=O) groups excluding carboxylic acids is 1. The first-order valence-electron chi connectivity index (χ1n) is 11.1. The van der Waals surface area contributed by atoms with E-state index < -0.39 is 6.10 Å². The predicted octanol–water partition coefficient (Wildman–Crippen LogP) is 5.00. The summed E-state index contributed by atoms with van der Waals surface area (Å²) in [6, 6.07) is 0. The van der Waals surface area contributed by atoms with Gasteiger partial charge < -0.3 is 14.9 Å². The molecule has 1 aliphatic carbocycles. The van der Waals surface area contributed by atoms with Crippen LogP contribution in [0, 0.1) is 11.8 Å². The number of aliphatic hydroxyl groups is 2. The van der Waals surface area contributed by atoms with E-state index in [4.69, 9.17) is 14.9 Å². The minimum atomic E-state index is -0.953. The Morgan fingerprint density at radius 3 is 2.04 bits per heavy atom. The molecule has 0 aromatic rings. The van der Waals surface area contributed by atoms with E-state index in [1.807, 2.05) is 0 Å². The lowest BCUT2D eigenvalue weighted by molar-refractivity contribution is -0.147. The van der Waals surface area contributed by atoms with Gasteiger partial charge in [0.2, 0.25) is 0 Å². The third-order valence-electron chi connectivity index (χ3n) is 5.60. The van der Waals surface area contributed by atoms with Crippen molar-refractivity contribution >= 4 is 5.97 Å². The average molecular weight is 371 g/mol. The summed E-state index contributed by atoms with van der Waals surface area (Å²) >= 11 is 0. The molecule has 26 heavy (non-hydrogen) atoms. The average Bonchev–Trinajstić information content (AvgIpc) is 3.39. The molecular weight excluding hydrogens is 328 g/mol. The highest BCUT2D eigenvalue weighted by atomic mass is 16.5. The Morgan fingerprint density at radius 2 is 1.46 bits per heavy atom. The molecule has 1 rings (SSSR count). The molecule has 0 spiro atoms. The number of hydrogen-bond donors (Lipinski definition) is 2. The molecule has 0 bridgehead atoms. The third kappa shape index (κ3) is 12.7. The lowest BCUT2D eigenvalue weighted by Crippen LogP contribution is -2.21. The number of rotatable bonds is 18. The quantitative estimate of drug-likeness (QED) is 0.263. The molecule has 0 aromatic heterocycles. The maximum atomic E-state index is 11.4. The van der Waals surface area contributed by atoms with Crippen molar-refractivity contribution in [1.29, 1.82) is 0 Å². The lowest BCUT2D eigenvalue weighted by Gasteiger charge is -2.08. The second-order valence-electron chi connectivity index (χ2n) is 8.14. The highest BCUT2D eigenvalue weighted by Gasteiger charge is 2.34. The van der Waals surface area contributed by atoms with E-state index in [0.717, 1.165) is 24.7 Å². The minimum Gasteiger partial charge on any atom is -0.463 e. The van der Waals surface area contributed by atoms with Crippen LogP contribution in [0.4, 0.5) is 0 Å². The van der Waals surface area contributed by atoms with Crippen LogP contribution in [0.3, 0.4) is 0 Å². The van der Waals surface area contributed by atoms with Crippen molar-refractivity contribution in [3.63, 3.8) is 0 Å². The molecular formula is C22H42O4. The molecule has 1 fully saturated rings. The molecule has 4 nitrogen and oxygen atoms in total. The Labute approximate surface area is 160 Å². The highest BCUT2D eigenvalue weighted by molar-refractivity contribution is 5.69. The van der Waals surface area contributed by atoms with Gasteiger partial charge in [-0.05, 0) is 24.7 Å². The first-order chi connectivity index (χ1) is 12.7. The molecule has 1 aliphatic rings. The number of unbranched alkanes of at least 4 members (excludes halogenated alkanes) is 9. The van der Waals surface area contributed by atoms with Crippen LogP contribution in [0.2, 0.25) is 0 Å². The fourth-order valence-electron chi connectivity index (χ4n) is 3.72. The first-order valence-corrected chi connectivity index (χ1v) is 11.1. The van der Waals surface area contributed by atoms with Crippen LogP contribution in [0.25, 0.3) is 0 Å². The minimum absolute atomic E-state index is 0.101. The normalized spacial score (nSPS) is 20.1. The van der Waals surface area contributed by atoms with E-state index in [9.17, 15) is 4.79 Å².